The number of hydroxylamine groups is 1. The zero-order chi connectivity index (χ0) is 25.7. The highest BCUT2D eigenvalue weighted by Gasteiger charge is 2.37. The number of benzene rings is 1. The molecule has 34 heavy (non-hydrogen) atoms. The number of nitrogens with one attached hydrogen (secondary N) is 1. The maximum atomic E-state index is 13.5. The van der Waals surface area contributed by atoms with Crippen molar-refractivity contribution in [1.29, 1.82) is 0 Å². The number of nitrogens with zero attached hydrogens (tertiary/aromatic N) is 2. The van der Waals surface area contributed by atoms with Gasteiger partial charge in [0.15, 0.2) is 0 Å². The molecule has 0 aliphatic rings. The summed E-state index contributed by atoms with van der Waals surface area (Å²) in [6, 6.07) is 7.64. The second-order valence-corrected chi connectivity index (χ2v) is 9.42. The Morgan fingerprint density at radius 3 is 2.24 bits per heavy atom. The maximum Gasteiger partial charge on any atom is 0.268 e. The summed E-state index contributed by atoms with van der Waals surface area (Å²) in [6.45, 7) is 10.0. The lowest BCUT2D eigenvalue weighted by Gasteiger charge is -2.41. The first kappa shape index (κ1) is 29.3. The summed E-state index contributed by atoms with van der Waals surface area (Å²) >= 11 is 0. The Labute approximate surface area is 204 Å². The van der Waals surface area contributed by atoms with Gasteiger partial charge in [0.05, 0.1) is 6.04 Å². The topological polar surface area (TPSA) is 116 Å². The Balaban J connectivity index is 3.41. The lowest BCUT2D eigenvalue weighted by atomic mass is 10.1. The average Bonchev–Trinajstić information content (AvgIpc) is 2.80. The van der Waals surface area contributed by atoms with Crippen molar-refractivity contribution in [3.8, 4) is 0 Å². The molecule has 0 saturated carbocycles. The summed E-state index contributed by atoms with van der Waals surface area (Å²) in [6.07, 6.45) is 5.66. The molecule has 8 nitrogen and oxygen atoms in total. The third kappa shape index (κ3) is 9.65. The molecule has 190 valence electrons. The summed E-state index contributed by atoms with van der Waals surface area (Å²) in [5, 5.41) is 12.0. The van der Waals surface area contributed by atoms with E-state index in [2.05, 4.69) is 0 Å². The van der Waals surface area contributed by atoms with Crippen LogP contribution in [0.25, 0.3) is 6.08 Å². The Morgan fingerprint density at radius 2 is 1.71 bits per heavy atom. The largest absolute Gasteiger partial charge is 0.320 e. The molecule has 0 spiro atoms. The van der Waals surface area contributed by atoms with Gasteiger partial charge in [-0.15, -0.1) is 0 Å². The highest BCUT2D eigenvalue weighted by atomic mass is 16.5. The summed E-state index contributed by atoms with van der Waals surface area (Å²) in [4.78, 5) is 39.6. The standard InChI is InChI=1S/C26H42N4O4/c1-6-11-22(27)26(33)29(18-20(4)5)30(24(31)17-16-19(2)3)23(25(32)28-34)15-10-14-21-12-8-7-9-13-21/h7-10,12-14,19-20,22-23,34H,6,11,15-18,27H2,1-5H3,(H,28,32)/t22-,23+/m1/s1. The molecule has 0 fully saturated rings. The molecule has 2 atom stereocenters. The van der Waals surface area contributed by atoms with E-state index in [1.54, 1.807) is 11.6 Å². The van der Waals surface area contributed by atoms with E-state index in [1.807, 2.05) is 71.0 Å². The molecule has 0 heterocycles. The molecule has 0 bridgehead atoms. The molecule has 0 aromatic heterocycles. The zero-order valence-corrected chi connectivity index (χ0v) is 21.2. The molecule has 3 amide bonds. The third-order valence-electron chi connectivity index (χ3n) is 5.34. The Kier molecular flexibility index (Phi) is 13.1. The second kappa shape index (κ2) is 15.2. The van der Waals surface area contributed by atoms with E-state index in [4.69, 9.17) is 5.73 Å². The van der Waals surface area contributed by atoms with Crippen molar-refractivity contribution in [3.05, 3.63) is 42.0 Å². The summed E-state index contributed by atoms with van der Waals surface area (Å²) in [5.74, 6) is -1.23. The zero-order valence-electron chi connectivity index (χ0n) is 21.2. The molecule has 0 radical (unpaired) electrons. The van der Waals surface area contributed by atoms with Crippen LogP contribution in [-0.4, -0.2) is 51.6 Å². The summed E-state index contributed by atoms with van der Waals surface area (Å²) < 4.78 is 0. The van der Waals surface area contributed by atoms with E-state index in [1.165, 1.54) is 10.0 Å². The fourth-order valence-corrected chi connectivity index (χ4v) is 3.55. The molecule has 4 N–H and O–H groups in total. The quantitative estimate of drug-likeness (QED) is 0.297. The van der Waals surface area contributed by atoms with Crippen molar-refractivity contribution >= 4 is 23.8 Å². The molecule has 0 aliphatic carbocycles. The van der Waals surface area contributed by atoms with Crippen LogP contribution >= 0.6 is 0 Å². The minimum absolute atomic E-state index is 0.0240. The Bertz CT molecular complexity index is 795. The fourth-order valence-electron chi connectivity index (χ4n) is 3.55. The van der Waals surface area contributed by atoms with Crippen LogP contribution in [0.1, 0.15) is 72.3 Å². The smallest absolute Gasteiger partial charge is 0.268 e. The molecule has 1 aromatic rings. The number of hydrazine groups is 1. The normalized spacial score (nSPS) is 13.2. The van der Waals surface area contributed by atoms with E-state index < -0.39 is 23.9 Å². The average molecular weight is 475 g/mol. The maximum absolute atomic E-state index is 13.5. The van der Waals surface area contributed by atoms with Gasteiger partial charge in [-0.2, -0.15) is 0 Å². The number of carbonyl (C=O) groups is 3. The first-order chi connectivity index (χ1) is 16.1. The molecular weight excluding hydrogens is 432 g/mol. The van der Waals surface area contributed by atoms with Gasteiger partial charge in [0.25, 0.3) is 11.8 Å². The van der Waals surface area contributed by atoms with Crippen LogP contribution in [0.3, 0.4) is 0 Å². The van der Waals surface area contributed by atoms with Gasteiger partial charge in [-0.3, -0.25) is 19.6 Å². The number of rotatable bonds is 13. The van der Waals surface area contributed by atoms with Crippen molar-refractivity contribution in [2.75, 3.05) is 6.54 Å². The van der Waals surface area contributed by atoms with E-state index in [-0.39, 0.29) is 37.1 Å². The molecular formula is C26H42N4O4. The summed E-state index contributed by atoms with van der Waals surface area (Å²) in [5.41, 5.74) is 8.77. The number of nitrogens with two attached hydrogens (primary N) is 1. The van der Waals surface area contributed by atoms with Gasteiger partial charge in [0, 0.05) is 13.0 Å². The number of hydrogen-bond acceptors (Lipinski definition) is 5. The van der Waals surface area contributed by atoms with Gasteiger partial charge in [0.1, 0.15) is 6.04 Å². The lowest BCUT2D eigenvalue weighted by Crippen LogP contribution is -2.62. The van der Waals surface area contributed by atoms with Crippen LogP contribution in [0.5, 0.6) is 0 Å². The van der Waals surface area contributed by atoms with E-state index in [0.717, 1.165) is 5.56 Å². The Morgan fingerprint density at radius 1 is 1.06 bits per heavy atom. The minimum Gasteiger partial charge on any atom is -0.320 e. The van der Waals surface area contributed by atoms with Crippen LogP contribution < -0.4 is 11.2 Å². The van der Waals surface area contributed by atoms with Gasteiger partial charge in [-0.25, -0.2) is 15.5 Å². The van der Waals surface area contributed by atoms with E-state index in [0.29, 0.717) is 19.3 Å². The van der Waals surface area contributed by atoms with Crippen molar-refractivity contribution in [3.63, 3.8) is 0 Å². The van der Waals surface area contributed by atoms with Crippen LogP contribution in [0.2, 0.25) is 0 Å². The van der Waals surface area contributed by atoms with Crippen LogP contribution in [0.15, 0.2) is 36.4 Å². The Hall–Kier alpha value is -2.71. The van der Waals surface area contributed by atoms with Crippen LogP contribution in [-0.2, 0) is 14.4 Å². The molecule has 1 aromatic carbocycles. The lowest BCUT2D eigenvalue weighted by molar-refractivity contribution is -0.176. The highest BCUT2D eigenvalue weighted by Crippen LogP contribution is 2.19. The third-order valence-corrected chi connectivity index (χ3v) is 5.34. The van der Waals surface area contributed by atoms with Crippen molar-refractivity contribution < 1.29 is 19.6 Å². The minimum atomic E-state index is -1.11. The van der Waals surface area contributed by atoms with Gasteiger partial charge >= 0.3 is 0 Å². The highest BCUT2D eigenvalue weighted by molar-refractivity contribution is 5.90. The van der Waals surface area contributed by atoms with Crippen molar-refractivity contribution in [2.45, 2.75) is 78.8 Å². The first-order valence-electron chi connectivity index (χ1n) is 12.2. The molecule has 8 heteroatoms. The molecule has 0 aliphatic heterocycles. The summed E-state index contributed by atoms with van der Waals surface area (Å²) in [7, 11) is 0. The van der Waals surface area contributed by atoms with Gasteiger partial charge in [0.2, 0.25) is 5.91 Å². The molecule has 0 unspecified atom stereocenters. The van der Waals surface area contributed by atoms with E-state index >= 15 is 0 Å². The van der Waals surface area contributed by atoms with Crippen molar-refractivity contribution in [2.24, 2.45) is 17.6 Å². The monoisotopic (exact) mass is 474 g/mol. The van der Waals surface area contributed by atoms with Crippen LogP contribution in [0.4, 0.5) is 0 Å². The predicted octanol–water partition coefficient (Wildman–Crippen LogP) is 3.76. The number of carbonyl (C=O) groups excluding carboxylic acids is 3. The number of amides is 3. The number of hydrogen-bond donors (Lipinski definition) is 3. The van der Waals surface area contributed by atoms with Gasteiger partial charge in [-0.05, 0) is 36.7 Å². The molecule has 0 saturated heterocycles. The SMILES string of the molecule is CCC[C@@H](N)C(=O)N(CC(C)C)N(C(=O)CCC(C)C)[C@@H](CC=Cc1ccccc1)C(=O)NO. The molecule has 1 rings (SSSR count). The second-order valence-electron chi connectivity index (χ2n) is 9.42. The van der Waals surface area contributed by atoms with Crippen LogP contribution in [0, 0.1) is 11.8 Å². The van der Waals surface area contributed by atoms with Gasteiger partial charge in [-0.1, -0.05) is 83.5 Å². The van der Waals surface area contributed by atoms with Gasteiger partial charge < -0.3 is 5.73 Å². The predicted molar refractivity (Wildman–Crippen MR) is 134 cm³/mol. The van der Waals surface area contributed by atoms with Crippen molar-refractivity contribution in [1.82, 2.24) is 15.5 Å². The first-order valence-corrected chi connectivity index (χ1v) is 12.2. The van der Waals surface area contributed by atoms with E-state index in [9.17, 15) is 19.6 Å². The fraction of sp³-hybridized carbons (Fsp3) is 0.577.